The molecule has 0 atom stereocenters. The van der Waals surface area contributed by atoms with Gasteiger partial charge < -0.3 is 9.42 Å². The molecule has 56 valence electrons. The van der Waals surface area contributed by atoms with Crippen LogP contribution in [-0.4, -0.2) is 10.4 Å². The molecule has 11 heavy (non-hydrogen) atoms. The Kier molecular flexibility index (Phi) is 1.44. The number of hydrogen-bond acceptors (Lipinski definition) is 4. The van der Waals surface area contributed by atoms with Crippen molar-refractivity contribution >= 4 is 5.82 Å². The van der Waals surface area contributed by atoms with Crippen molar-refractivity contribution in [1.29, 1.82) is 0 Å². The largest absolute Gasteiger partial charge is 0.343 e. The van der Waals surface area contributed by atoms with E-state index in [-0.39, 0.29) is 0 Å². The molecule has 0 bridgehead atoms. The van der Waals surface area contributed by atoms with Gasteiger partial charge >= 0.3 is 0 Å². The van der Waals surface area contributed by atoms with E-state index in [4.69, 9.17) is 0 Å². The quantitative estimate of drug-likeness (QED) is 0.603. The molecule has 2 rings (SSSR count). The highest BCUT2D eigenvalue weighted by Crippen LogP contribution is 2.12. The number of anilines is 1. The Balaban J connectivity index is 2.23. The van der Waals surface area contributed by atoms with Crippen molar-refractivity contribution in [3.8, 4) is 0 Å². The molecule has 2 heterocycles. The van der Waals surface area contributed by atoms with Crippen LogP contribution in [0.15, 0.2) is 35.3 Å². The lowest BCUT2D eigenvalue weighted by atomic mass is 10.3. The zero-order chi connectivity index (χ0) is 7.52. The summed E-state index contributed by atoms with van der Waals surface area (Å²) in [4.78, 5) is 1.85. The second kappa shape index (κ2) is 2.57. The SMILES string of the molecule is C1=CN(c2conn2)C=CC1. The summed E-state index contributed by atoms with van der Waals surface area (Å²) in [6, 6.07) is 0. The van der Waals surface area contributed by atoms with E-state index in [9.17, 15) is 0 Å². The summed E-state index contributed by atoms with van der Waals surface area (Å²) in [7, 11) is 0. The summed E-state index contributed by atoms with van der Waals surface area (Å²) in [5.74, 6) is 0.706. The summed E-state index contributed by atoms with van der Waals surface area (Å²) in [6.07, 6.45) is 10.4. The summed E-state index contributed by atoms with van der Waals surface area (Å²) < 4.78 is 4.60. The molecule has 0 fully saturated rings. The Morgan fingerprint density at radius 3 is 2.82 bits per heavy atom. The van der Waals surface area contributed by atoms with Gasteiger partial charge in [-0.1, -0.05) is 17.3 Å². The molecule has 1 aliphatic heterocycles. The first kappa shape index (κ1) is 6.15. The predicted octanol–water partition coefficient (Wildman–Crippen LogP) is 1.31. The van der Waals surface area contributed by atoms with E-state index in [2.05, 4.69) is 14.9 Å². The van der Waals surface area contributed by atoms with Crippen molar-refractivity contribution in [2.45, 2.75) is 6.42 Å². The summed E-state index contributed by atoms with van der Waals surface area (Å²) in [6.45, 7) is 0. The molecule has 0 saturated carbocycles. The average Bonchev–Trinajstić information content (AvgIpc) is 2.58. The van der Waals surface area contributed by atoms with Crippen LogP contribution in [0.1, 0.15) is 6.42 Å². The second-order valence-electron chi connectivity index (χ2n) is 2.18. The Labute approximate surface area is 63.8 Å². The van der Waals surface area contributed by atoms with Gasteiger partial charge in [-0.05, 0) is 6.42 Å². The molecule has 0 saturated heterocycles. The van der Waals surface area contributed by atoms with E-state index in [1.807, 2.05) is 29.5 Å². The maximum Gasteiger partial charge on any atom is 0.200 e. The number of allylic oxidation sites excluding steroid dienone is 2. The maximum absolute atomic E-state index is 4.60. The molecule has 0 aliphatic carbocycles. The minimum atomic E-state index is 0.706. The molecule has 0 radical (unpaired) electrons. The van der Waals surface area contributed by atoms with Gasteiger partial charge in [0.15, 0.2) is 6.26 Å². The van der Waals surface area contributed by atoms with Gasteiger partial charge in [0.1, 0.15) is 0 Å². The van der Waals surface area contributed by atoms with Gasteiger partial charge in [-0.2, -0.15) is 0 Å². The maximum atomic E-state index is 4.60. The van der Waals surface area contributed by atoms with Gasteiger partial charge in [0.25, 0.3) is 0 Å². The Bertz CT molecular complexity index is 264. The molecular formula is C7H7N3O. The lowest BCUT2D eigenvalue weighted by Crippen LogP contribution is -2.08. The zero-order valence-electron chi connectivity index (χ0n) is 5.84. The Morgan fingerprint density at radius 1 is 1.36 bits per heavy atom. The van der Waals surface area contributed by atoms with Crippen LogP contribution in [0.3, 0.4) is 0 Å². The van der Waals surface area contributed by atoms with E-state index < -0.39 is 0 Å². The van der Waals surface area contributed by atoms with Crippen molar-refractivity contribution in [2.24, 2.45) is 0 Å². The predicted molar refractivity (Wildman–Crippen MR) is 39.7 cm³/mol. The second-order valence-corrected chi connectivity index (χ2v) is 2.18. The van der Waals surface area contributed by atoms with Crippen LogP contribution in [0.2, 0.25) is 0 Å². The highest BCUT2D eigenvalue weighted by molar-refractivity contribution is 5.43. The van der Waals surface area contributed by atoms with Crippen LogP contribution >= 0.6 is 0 Å². The zero-order valence-corrected chi connectivity index (χ0v) is 5.84. The lowest BCUT2D eigenvalue weighted by molar-refractivity contribution is 0.393. The first-order chi connectivity index (χ1) is 5.47. The molecule has 0 aromatic carbocycles. The van der Waals surface area contributed by atoms with E-state index in [0.717, 1.165) is 6.42 Å². The molecular weight excluding hydrogens is 142 g/mol. The standard InChI is InChI=1S/C7H7N3O/c1-2-4-10(5-3-1)7-6-11-9-8-7/h2-6H,1H2. The minimum Gasteiger partial charge on any atom is -0.343 e. The third-order valence-corrected chi connectivity index (χ3v) is 1.42. The third-order valence-electron chi connectivity index (χ3n) is 1.42. The van der Waals surface area contributed by atoms with Crippen LogP contribution in [-0.2, 0) is 0 Å². The minimum absolute atomic E-state index is 0.706. The fraction of sp³-hybridized carbons (Fsp3) is 0.143. The van der Waals surface area contributed by atoms with Crippen molar-refractivity contribution in [3.05, 3.63) is 30.8 Å². The van der Waals surface area contributed by atoms with Gasteiger partial charge in [0.2, 0.25) is 5.82 Å². The van der Waals surface area contributed by atoms with Crippen molar-refractivity contribution in [1.82, 2.24) is 10.4 Å². The summed E-state index contributed by atoms with van der Waals surface area (Å²) in [5, 5.41) is 7.11. The van der Waals surface area contributed by atoms with Crippen LogP contribution < -0.4 is 4.90 Å². The summed E-state index contributed by atoms with van der Waals surface area (Å²) in [5.41, 5.74) is 0. The van der Waals surface area contributed by atoms with Crippen LogP contribution in [0.25, 0.3) is 0 Å². The van der Waals surface area contributed by atoms with Crippen molar-refractivity contribution < 1.29 is 4.52 Å². The highest BCUT2D eigenvalue weighted by Gasteiger charge is 2.04. The molecule has 0 amide bonds. The molecule has 4 nitrogen and oxygen atoms in total. The Morgan fingerprint density at radius 2 is 2.18 bits per heavy atom. The Hall–Kier alpha value is -1.58. The van der Waals surface area contributed by atoms with Gasteiger partial charge in [0, 0.05) is 17.7 Å². The van der Waals surface area contributed by atoms with Crippen LogP contribution in [0.4, 0.5) is 5.82 Å². The molecule has 0 unspecified atom stereocenters. The smallest absolute Gasteiger partial charge is 0.200 e. The number of aromatic nitrogens is 2. The van der Waals surface area contributed by atoms with Gasteiger partial charge in [-0.15, -0.1) is 0 Å². The highest BCUT2D eigenvalue weighted by atomic mass is 16.5. The van der Waals surface area contributed by atoms with Gasteiger partial charge in [-0.3, -0.25) is 0 Å². The lowest BCUT2D eigenvalue weighted by Gasteiger charge is -2.12. The monoisotopic (exact) mass is 149 g/mol. The number of hydrogen-bond donors (Lipinski definition) is 0. The first-order valence-electron chi connectivity index (χ1n) is 3.35. The summed E-state index contributed by atoms with van der Waals surface area (Å²) >= 11 is 0. The fourth-order valence-electron chi connectivity index (χ4n) is 0.902. The molecule has 1 aromatic heterocycles. The number of rotatable bonds is 1. The van der Waals surface area contributed by atoms with E-state index in [1.165, 1.54) is 6.26 Å². The molecule has 4 heteroatoms. The van der Waals surface area contributed by atoms with E-state index in [1.54, 1.807) is 0 Å². The first-order valence-corrected chi connectivity index (χ1v) is 3.35. The fourth-order valence-corrected chi connectivity index (χ4v) is 0.902. The topological polar surface area (TPSA) is 42.2 Å². The average molecular weight is 149 g/mol. The van der Waals surface area contributed by atoms with Gasteiger partial charge in [-0.25, -0.2) is 0 Å². The van der Waals surface area contributed by atoms with E-state index in [0.29, 0.717) is 5.82 Å². The molecule has 0 N–H and O–H groups in total. The normalized spacial score (nSPS) is 15.8. The van der Waals surface area contributed by atoms with Gasteiger partial charge in [0.05, 0.1) is 0 Å². The van der Waals surface area contributed by atoms with Crippen LogP contribution in [0, 0.1) is 0 Å². The van der Waals surface area contributed by atoms with E-state index >= 15 is 0 Å². The third kappa shape index (κ3) is 1.14. The van der Waals surface area contributed by atoms with Crippen molar-refractivity contribution in [3.63, 3.8) is 0 Å². The van der Waals surface area contributed by atoms with Crippen LogP contribution in [0.5, 0.6) is 0 Å². The van der Waals surface area contributed by atoms with Crippen molar-refractivity contribution in [2.75, 3.05) is 4.90 Å². The molecule has 1 aromatic rings. The number of nitrogens with zero attached hydrogens (tertiary/aromatic N) is 3. The molecule has 0 spiro atoms. The molecule has 1 aliphatic rings.